The molecule has 1 saturated carbocycles. The number of amides is 3. The molecule has 3 N–H and O–H groups in total. The summed E-state index contributed by atoms with van der Waals surface area (Å²) in [5.74, 6) is -0.237. The van der Waals surface area contributed by atoms with E-state index in [-0.39, 0.29) is 23.6 Å². The summed E-state index contributed by atoms with van der Waals surface area (Å²) in [7, 11) is 1.71. The van der Waals surface area contributed by atoms with Gasteiger partial charge in [-0.25, -0.2) is 4.98 Å². The second kappa shape index (κ2) is 10.8. The molecule has 180 valence electrons. The molecule has 1 aromatic carbocycles. The van der Waals surface area contributed by atoms with Gasteiger partial charge in [-0.2, -0.15) is 0 Å². The van der Waals surface area contributed by atoms with E-state index >= 15 is 0 Å². The lowest BCUT2D eigenvalue weighted by Gasteiger charge is -2.35. The van der Waals surface area contributed by atoms with Gasteiger partial charge < -0.3 is 16.0 Å². The minimum Gasteiger partial charge on any atom is -0.343 e. The summed E-state index contributed by atoms with van der Waals surface area (Å²) in [4.78, 5) is 46.2. The SMILES string of the molecule is CNC(C)C(=O)NC(C(=O)N1c2ncccc2C[C@@H]1C(=O)Nc1ccccc1)C1CCCCC1. The van der Waals surface area contributed by atoms with Crippen LogP contribution in [0.15, 0.2) is 48.7 Å². The van der Waals surface area contributed by atoms with Gasteiger partial charge in [0.25, 0.3) is 5.91 Å². The van der Waals surface area contributed by atoms with Crippen molar-refractivity contribution in [1.82, 2.24) is 15.6 Å². The van der Waals surface area contributed by atoms with Gasteiger partial charge in [0, 0.05) is 18.3 Å². The molecule has 3 amide bonds. The highest BCUT2D eigenvalue weighted by Crippen LogP contribution is 2.34. The maximum absolute atomic E-state index is 14.1. The molecular weight excluding hydrogens is 430 g/mol. The Hall–Kier alpha value is -3.26. The number of carbonyl (C=O) groups excluding carboxylic acids is 3. The molecule has 4 rings (SSSR count). The van der Waals surface area contributed by atoms with Gasteiger partial charge in [-0.15, -0.1) is 0 Å². The number of fused-ring (bicyclic) bond motifs is 1. The van der Waals surface area contributed by atoms with Gasteiger partial charge in [-0.3, -0.25) is 19.3 Å². The number of aromatic nitrogens is 1. The van der Waals surface area contributed by atoms with Crippen LogP contribution < -0.4 is 20.9 Å². The van der Waals surface area contributed by atoms with Crippen LogP contribution in [0, 0.1) is 5.92 Å². The number of hydrogen-bond acceptors (Lipinski definition) is 5. The van der Waals surface area contributed by atoms with E-state index in [1.807, 2.05) is 42.5 Å². The third-order valence-electron chi connectivity index (χ3n) is 6.91. The van der Waals surface area contributed by atoms with Crippen LogP contribution in [0.5, 0.6) is 0 Å². The van der Waals surface area contributed by atoms with Gasteiger partial charge in [-0.1, -0.05) is 43.5 Å². The third kappa shape index (κ3) is 5.12. The van der Waals surface area contributed by atoms with Crippen molar-refractivity contribution in [2.45, 2.75) is 63.6 Å². The number of nitrogens with one attached hydrogen (secondary N) is 3. The lowest BCUT2D eigenvalue weighted by atomic mass is 9.83. The van der Waals surface area contributed by atoms with E-state index in [1.165, 1.54) is 4.90 Å². The van der Waals surface area contributed by atoms with E-state index in [0.29, 0.717) is 17.9 Å². The van der Waals surface area contributed by atoms with Crippen molar-refractivity contribution in [3.8, 4) is 0 Å². The van der Waals surface area contributed by atoms with Crippen molar-refractivity contribution >= 4 is 29.2 Å². The van der Waals surface area contributed by atoms with Crippen molar-refractivity contribution in [2.75, 3.05) is 17.3 Å². The summed E-state index contributed by atoms with van der Waals surface area (Å²) in [6.07, 6.45) is 6.94. The molecule has 3 atom stereocenters. The molecular formula is C26H33N5O3. The molecule has 1 fully saturated rings. The lowest BCUT2D eigenvalue weighted by molar-refractivity contribution is -0.131. The highest BCUT2D eigenvalue weighted by Gasteiger charge is 2.44. The van der Waals surface area contributed by atoms with Crippen LogP contribution in [0.25, 0.3) is 0 Å². The zero-order chi connectivity index (χ0) is 24.1. The number of para-hydroxylation sites is 1. The molecule has 1 aromatic heterocycles. The summed E-state index contributed by atoms with van der Waals surface area (Å²) in [6.45, 7) is 1.76. The molecule has 1 aliphatic carbocycles. The maximum atomic E-state index is 14.1. The Labute approximate surface area is 200 Å². The van der Waals surface area contributed by atoms with Crippen LogP contribution in [0.3, 0.4) is 0 Å². The molecule has 0 saturated heterocycles. The highest BCUT2D eigenvalue weighted by atomic mass is 16.2. The quantitative estimate of drug-likeness (QED) is 0.586. The Morgan fingerprint density at radius 1 is 1.03 bits per heavy atom. The fourth-order valence-electron chi connectivity index (χ4n) is 4.88. The summed E-state index contributed by atoms with van der Waals surface area (Å²) in [6, 6.07) is 11.0. The van der Waals surface area contributed by atoms with Crippen molar-refractivity contribution in [2.24, 2.45) is 5.92 Å². The smallest absolute Gasteiger partial charge is 0.251 e. The first-order valence-corrected chi connectivity index (χ1v) is 12.1. The van der Waals surface area contributed by atoms with Gasteiger partial charge in [0.05, 0.1) is 6.04 Å². The number of carbonyl (C=O) groups is 3. The topological polar surface area (TPSA) is 103 Å². The van der Waals surface area contributed by atoms with Gasteiger partial charge >= 0.3 is 0 Å². The molecule has 0 spiro atoms. The van der Waals surface area contributed by atoms with Crippen molar-refractivity contribution in [3.05, 3.63) is 54.2 Å². The standard InChI is InChI=1S/C26H33N5O3/c1-17(27-2)24(32)30-22(18-10-5-3-6-11-18)26(34)31-21(16-19-12-9-15-28-23(19)31)25(33)29-20-13-7-4-8-14-20/h4,7-9,12-15,17-18,21-22,27H,3,5-6,10-11,16H2,1-2H3,(H,29,33)(H,30,32)/t17?,21-,22?/m1/s1. The Morgan fingerprint density at radius 2 is 1.76 bits per heavy atom. The van der Waals surface area contributed by atoms with Gasteiger partial charge in [0.15, 0.2) is 0 Å². The Morgan fingerprint density at radius 3 is 2.47 bits per heavy atom. The van der Waals surface area contributed by atoms with E-state index in [4.69, 9.17) is 0 Å². The third-order valence-corrected chi connectivity index (χ3v) is 6.91. The summed E-state index contributed by atoms with van der Waals surface area (Å²) >= 11 is 0. The highest BCUT2D eigenvalue weighted by molar-refractivity contribution is 6.09. The van der Waals surface area contributed by atoms with Crippen LogP contribution in [0.1, 0.15) is 44.6 Å². The second-order valence-corrected chi connectivity index (χ2v) is 9.16. The molecule has 2 heterocycles. The van der Waals surface area contributed by atoms with Gasteiger partial charge in [-0.05, 0) is 56.5 Å². The van der Waals surface area contributed by atoms with Gasteiger partial charge in [0.2, 0.25) is 11.8 Å². The molecule has 1 aliphatic heterocycles. The molecule has 2 aromatic rings. The van der Waals surface area contributed by atoms with Gasteiger partial charge in [0.1, 0.15) is 17.9 Å². The van der Waals surface area contributed by atoms with Crippen molar-refractivity contribution in [3.63, 3.8) is 0 Å². The first-order valence-electron chi connectivity index (χ1n) is 12.1. The zero-order valence-electron chi connectivity index (χ0n) is 19.8. The van der Waals surface area contributed by atoms with E-state index in [2.05, 4.69) is 20.9 Å². The number of benzene rings is 1. The number of pyridine rings is 1. The molecule has 2 unspecified atom stereocenters. The normalized spacial score (nSPS) is 19.7. The number of anilines is 2. The van der Waals surface area contributed by atoms with E-state index in [0.717, 1.165) is 37.7 Å². The summed E-state index contributed by atoms with van der Waals surface area (Å²) < 4.78 is 0. The molecule has 2 aliphatic rings. The van der Waals surface area contributed by atoms with Crippen LogP contribution >= 0.6 is 0 Å². The molecule has 0 radical (unpaired) electrons. The van der Waals surface area contributed by atoms with Crippen LogP contribution in [-0.4, -0.2) is 47.9 Å². The minimum absolute atomic E-state index is 0.0276. The first kappa shape index (κ1) is 23.9. The minimum atomic E-state index is -0.734. The van der Waals surface area contributed by atoms with Crippen LogP contribution in [0.4, 0.5) is 11.5 Å². The number of hydrogen-bond donors (Lipinski definition) is 3. The van der Waals surface area contributed by atoms with Crippen LogP contribution in [0.2, 0.25) is 0 Å². The average molecular weight is 464 g/mol. The molecule has 0 bridgehead atoms. The molecule has 8 heteroatoms. The maximum Gasteiger partial charge on any atom is 0.251 e. The number of likely N-dealkylation sites (N-methyl/N-ethyl adjacent to an activating group) is 1. The Bertz CT molecular complexity index is 1020. The average Bonchev–Trinajstić information content (AvgIpc) is 3.27. The lowest BCUT2D eigenvalue weighted by Crippen LogP contribution is -2.58. The fourth-order valence-corrected chi connectivity index (χ4v) is 4.88. The van der Waals surface area contributed by atoms with E-state index < -0.39 is 18.1 Å². The molecule has 8 nitrogen and oxygen atoms in total. The van der Waals surface area contributed by atoms with Crippen molar-refractivity contribution in [1.29, 1.82) is 0 Å². The fraction of sp³-hybridized carbons (Fsp3) is 0.462. The number of rotatable bonds is 7. The largest absolute Gasteiger partial charge is 0.343 e. The Balaban J connectivity index is 1.64. The van der Waals surface area contributed by atoms with Crippen molar-refractivity contribution < 1.29 is 14.4 Å². The first-order chi connectivity index (χ1) is 16.5. The summed E-state index contributed by atoms with van der Waals surface area (Å²) in [5.41, 5.74) is 1.52. The monoisotopic (exact) mass is 463 g/mol. The predicted molar refractivity (Wildman–Crippen MR) is 131 cm³/mol. The Kier molecular flexibility index (Phi) is 7.57. The van der Waals surface area contributed by atoms with E-state index in [9.17, 15) is 14.4 Å². The van der Waals surface area contributed by atoms with E-state index in [1.54, 1.807) is 20.2 Å². The second-order valence-electron chi connectivity index (χ2n) is 9.16. The number of nitrogens with zero attached hydrogens (tertiary/aromatic N) is 2. The van der Waals surface area contributed by atoms with Crippen LogP contribution in [-0.2, 0) is 20.8 Å². The predicted octanol–water partition coefficient (Wildman–Crippen LogP) is 2.65. The molecule has 34 heavy (non-hydrogen) atoms. The zero-order valence-corrected chi connectivity index (χ0v) is 19.8. The summed E-state index contributed by atoms with van der Waals surface area (Å²) in [5, 5.41) is 8.87.